The highest BCUT2D eigenvalue weighted by atomic mass is 16.5. The first-order chi connectivity index (χ1) is 10.1. The number of ether oxygens (including phenoxy) is 1. The lowest BCUT2D eigenvalue weighted by Gasteiger charge is -2.27. The van der Waals surface area contributed by atoms with Gasteiger partial charge in [0.1, 0.15) is 0 Å². The molecule has 3 fully saturated rings. The van der Waals surface area contributed by atoms with E-state index in [1.165, 1.54) is 38.5 Å². The molecule has 3 rings (SSSR count). The molecular formula is C17H30N2O2. The number of amides is 1. The number of nitrogens with one attached hydrogen (secondary N) is 1. The van der Waals surface area contributed by atoms with Crippen molar-refractivity contribution in [1.82, 2.24) is 10.2 Å². The fourth-order valence-electron chi connectivity index (χ4n) is 4.30. The third-order valence-electron chi connectivity index (χ3n) is 5.51. The Balaban J connectivity index is 1.59. The van der Waals surface area contributed by atoms with Crippen LogP contribution in [0.3, 0.4) is 0 Å². The summed E-state index contributed by atoms with van der Waals surface area (Å²) in [6, 6.07) is 0. The number of carbonyl (C=O) groups is 1. The first kappa shape index (κ1) is 15.3. The Hall–Kier alpha value is -0.610. The highest BCUT2D eigenvalue weighted by molar-refractivity contribution is 5.89. The van der Waals surface area contributed by atoms with E-state index in [4.69, 9.17) is 4.74 Å². The molecular weight excluding hydrogens is 264 g/mol. The summed E-state index contributed by atoms with van der Waals surface area (Å²) in [5.74, 6) is 0.772. The van der Waals surface area contributed by atoms with Gasteiger partial charge in [-0.15, -0.1) is 0 Å². The molecule has 4 nitrogen and oxygen atoms in total. The number of nitrogens with zero attached hydrogens (tertiary/aromatic N) is 1. The smallest absolute Gasteiger partial charge is 0.244 e. The average molecular weight is 294 g/mol. The molecule has 0 radical (unpaired) electrons. The van der Waals surface area contributed by atoms with Crippen molar-refractivity contribution in [1.29, 1.82) is 0 Å². The van der Waals surface area contributed by atoms with E-state index in [9.17, 15) is 4.79 Å². The molecule has 0 aromatic heterocycles. The molecule has 0 bridgehead atoms. The van der Waals surface area contributed by atoms with Crippen molar-refractivity contribution >= 4 is 5.91 Å². The topological polar surface area (TPSA) is 41.6 Å². The van der Waals surface area contributed by atoms with E-state index in [2.05, 4.69) is 24.1 Å². The summed E-state index contributed by atoms with van der Waals surface area (Å²) in [5.41, 5.74) is -0.248. The van der Waals surface area contributed by atoms with E-state index in [0.717, 1.165) is 19.4 Å². The van der Waals surface area contributed by atoms with Crippen molar-refractivity contribution in [3.05, 3.63) is 0 Å². The summed E-state index contributed by atoms with van der Waals surface area (Å²) < 4.78 is 5.97. The van der Waals surface area contributed by atoms with Crippen LogP contribution in [0.25, 0.3) is 0 Å². The zero-order chi connectivity index (χ0) is 14.9. The van der Waals surface area contributed by atoms with E-state index in [0.29, 0.717) is 24.5 Å². The molecule has 1 heterocycles. The van der Waals surface area contributed by atoms with Gasteiger partial charge in [-0.05, 0) is 31.6 Å². The fourth-order valence-corrected chi connectivity index (χ4v) is 4.30. The molecule has 1 spiro atoms. The van der Waals surface area contributed by atoms with E-state index in [1.807, 2.05) is 0 Å². The zero-order valence-electron chi connectivity index (χ0n) is 13.6. The second-order valence-corrected chi connectivity index (χ2v) is 7.40. The Morgan fingerprint density at radius 2 is 1.90 bits per heavy atom. The zero-order valence-corrected chi connectivity index (χ0v) is 13.6. The largest absolute Gasteiger partial charge is 0.376 e. The van der Waals surface area contributed by atoms with Gasteiger partial charge in [-0.1, -0.05) is 39.5 Å². The summed E-state index contributed by atoms with van der Waals surface area (Å²) in [7, 11) is 0. The lowest BCUT2D eigenvalue weighted by atomic mass is 9.98. The maximum Gasteiger partial charge on any atom is 0.244 e. The lowest BCUT2D eigenvalue weighted by Crippen LogP contribution is -2.45. The van der Waals surface area contributed by atoms with Crippen LogP contribution in [0.15, 0.2) is 0 Å². The van der Waals surface area contributed by atoms with Gasteiger partial charge in [0.15, 0.2) is 0 Å². The molecule has 4 heteroatoms. The molecule has 2 saturated carbocycles. The van der Waals surface area contributed by atoms with Crippen molar-refractivity contribution in [3.63, 3.8) is 0 Å². The molecule has 1 amide bonds. The van der Waals surface area contributed by atoms with E-state index < -0.39 is 0 Å². The molecule has 1 N–H and O–H groups in total. The van der Waals surface area contributed by atoms with Gasteiger partial charge in [0.25, 0.3) is 0 Å². The van der Waals surface area contributed by atoms with Crippen LogP contribution in [0, 0.1) is 5.92 Å². The molecule has 1 atom stereocenters. The molecule has 21 heavy (non-hydrogen) atoms. The van der Waals surface area contributed by atoms with E-state index in [1.54, 1.807) is 0 Å². The second-order valence-electron chi connectivity index (χ2n) is 7.40. The van der Waals surface area contributed by atoms with Crippen molar-refractivity contribution in [3.8, 4) is 0 Å². The molecule has 2 aliphatic carbocycles. The Morgan fingerprint density at radius 3 is 2.52 bits per heavy atom. The standard InChI is InChI=1S/C17H30N2O2/c1-13(2)15-18-17(9-5-6-10-17)16(20)19(15)11-12-21-14-7-3-4-8-14/h13-15,18H,3-12H2,1-2H3. The summed E-state index contributed by atoms with van der Waals surface area (Å²) in [4.78, 5) is 14.9. The molecule has 3 aliphatic rings. The highest BCUT2D eigenvalue weighted by Gasteiger charge is 2.52. The third kappa shape index (κ3) is 2.98. The van der Waals surface area contributed by atoms with Gasteiger partial charge in [-0.2, -0.15) is 0 Å². The fraction of sp³-hybridized carbons (Fsp3) is 0.941. The Kier molecular flexibility index (Phi) is 4.55. The van der Waals surface area contributed by atoms with Crippen molar-refractivity contribution in [2.75, 3.05) is 13.2 Å². The molecule has 1 saturated heterocycles. The van der Waals surface area contributed by atoms with E-state index >= 15 is 0 Å². The van der Waals surface area contributed by atoms with Crippen LogP contribution in [0.4, 0.5) is 0 Å². The number of hydrogen-bond acceptors (Lipinski definition) is 3. The SMILES string of the molecule is CC(C)C1NC2(CCCC2)C(=O)N1CCOC1CCCC1. The Bertz CT molecular complexity index is 371. The predicted octanol–water partition coefficient (Wildman–Crippen LogP) is 2.67. The minimum absolute atomic E-state index is 0.183. The monoisotopic (exact) mass is 294 g/mol. The quantitative estimate of drug-likeness (QED) is 0.847. The number of rotatable bonds is 5. The first-order valence-electron chi connectivity index (χ1n) is 8.83. The van der Waals surface area contributed by atoms with Gasteiger partial charge in [-0.3, -0.25) is 10.1 Å². The van der Waals surface area contributed by atoms with Crippen LogP contribution in [0.2, 0.25) is 0 Å². The second kappa shape index (κ2) is 6.25. The molecule has 1 aliphatic heterocycles. The van der Waals surface area contributed by atoms with Crippen LogP contribution in [-0.4, -0.2) is 41.8 Å². The Labute approximate surface area is 128 Å². The highest BCUT2D eigenvalue weighted by Crippen LogP contribution is 2.37. The molecule has 1 unspecified atom stereocenters. The minimum Gasteiger partial charge on any atom is -0.376 e. The molecule has 120 valence electrons. The average Bonchev–Trinajstić information content (AvgIpc) is 3.17. The number of hydrogen-bond donors (Lipinski definition) is 1. The normalized spacial score (nSPS) is 29.4. The molecule has 0 aromatic rings. The van der Waals surface area contributed by atoms with Gasteiger partial charge >= 0.3 is 0 Å². The van der Waals surface area contributed by atoms with Gasteiger partial charge in [0.05, 0.1) is 24.4 Å². The van der Waals surface area contributed by atoms with Crippen LogP contribution in [-0.2, 0) is 9.53 Å². The van der Waals surface area contributed by atoms with E-state index in [-0.39, 0.29) is 11.7 Å². The summed E-state index contributed by atoms with van der Waals surface area (Å²) in [5, 5.41) is 3.66. The summed E-state index contributed by atoms with van der Waals surface area (Å²) >= 11 is 0. The lowest BCUT2D eigenvalue weighted by molar-refractivity contribution is -0.134. The van der Waals surface area contributed by atoms with Gasteiger partial charge < -0.3 is 9.64 Å². The van der Waals surface area contributed by atoms with Crippen LogP contribution in [0.5, 0.6) is 0 Å². The summed E-state index contributed by atoms with van der Waals surface area (Å²) in [6.07, 6.45) is 9.99. The van der Waals surface area contributed by atoms with Crippen molar-refractivity contribution < 1.29 is 9.53 Å². The van der Waals surface area contributed by atoms with Crippen molar-refractivity contribution in [2.45, 2.75) is 83.0 Å². The number of carbonyl (C=O) groups excluding carboxylic acids is 1. The van der Waals surface area contributed by atoms with Crippen LogP contribution in [0.1, 0.15) is 65.2 Å². The third-order valence-corrected chi connectivity index (χ3v) is 5.51. The molecule has 0 aromatic carbocycles. The van der Waals surface area contributed by atoms with Gasteiger partial charge in [0, 0.05) is 6.54 Å². The Morgan fingerprint density at radius 1 is 1.24 bits per heavy atom. The van der Waals surface area contributed by atoms with Crippen molar-refractivity contribution in [2.24, 2.45) is 5.92 Å². The van der Waals surface area contributed by atoms with Crippen LogP contribution >= 0.6 is 0 Å². The predicted molar refractivity (Wildman–Crippen MR) is 82.9 cm³/mol. The first-order valence-corrected chi connectivity index (χ1v) is 8.83. The van der Waals surface area contributed by atoms with Crippen LogP contribution < -0.4 is 5.32 Å². The minimum atomic E-state index is -0.248. The maximum absolute atomic E-state index is 12.9. The summed E-state index contributed by atoms with van der Waals surface area (Å²) in [6.45, 7) is 5.83. The maximum atomic E-state index is 12.9. The van der Waals surface area contributed by atoms with Gasteiger partial charge in [0.2, 0.25) is 5.91 Å². The van der Waals surface area contributed by atoms with Gasteiger partial charge in [-0.25, -0.2) is 0 Å².